The molecule has 1 saturated carbocycles. The first-order chi connectivity index (χ1) is 8.00. The minimum Gasteiger partial charge on any atom is -0.397 e. The second-order valence-corrected chi connectivity index (χ2v) is 4.71. The van der Waals surface area contributed by atoms with Crippen LogP contribution in [0.1, 0.15) is 24.8 Å². The number of hydrogen-bond acceptors (Lipinski definition) is 3. The molecule has 1 fully saturated rings. The fraction of sp³-hybridized carbons (Fsp3) is 0.500. The van der Waals surface area contributed by atoms with Gasteiger partial charge < -0.3 is 10.7 Å². The largest absolute Gasteiger partial charge is 0.397 e. The lowest BCUT2D eigenvalue weighted by Crippen LogP contribution is -2.39. The number of aryl methyl sites for hydroxylation is 1. The Morgan fingerprint density at radius 1 is 1.35 bits per heavy atom. The smallest absolute Gasteiger partial charge is 0.185 e. The van der Waals surface area contributed by atoms with Gasteiger partial charge in [-0.15, -0.1) is 0 Å². The van der Waals surface area contributed by atoms with Gasteiger partial charge in [0.2, 0.25) is 0 Å². The molecule has 2 rings (SSSR count). The molecule has 0 spiro atoms. The van der Waals surface area contributed by atoms with E-state index in [1.165, 1.54) is 24.4 Å². The second kappa shape index (κ2) is 4.49. The van der Waals surface area contributed by atoms with Gasteiger partial charge >= 0.3 is 0 Å². The van der Waals surface area contributed by atoms with Crippen molar-refractivity contribution in [2.45, 2.75) is 26.2 Å². The normalized spacial score (nSPS) is 15.8. The molecule has 1 aliphatic carbocycles. The number of rotatable bonds is 3. The first-order valence-corrected chi connectivity index (χ1v) is 5.77. The van der Waals surface area contributed by atoms with Gasteiger partial charge in [-0.1, -0.05) is 6.42 Å². The molecule has 0 aromatic heterocycles. The number of hydrazine groups is 1. The zero-order valence-corrected chi connectivity index (χ0v) is 9.84. The fourth-order valence-electron chi connectivity index (χ4n) is 2.11. The Hall–Kier alpha value is -1.36. The van der Waals surface area contributed by atoms with Gasteiger partial charge in [-0.3, -0.25) is 0 Å². The molecular formula is C12H17F2N3. The van der Waals surface area contributed by atoms with Gasteiger partial charge in [0.1, 0.15) is 5.69 Å². The van der Waals surface area contributed by atoms with E-state index < -0.39 is 11.6 Å². The first-order valence-electron chi connectivity index (χ1n) is 5.77. The molecule has 0 heterocycles. The molecule has 0 radical (unpaired) electrons. The van der Waals surface area contributed by atoms with Crippen LogP contribution in [0.25, 0.3) is 0 Å². The molecule has 17 heavy (non-hydrogen) atoms. The van der Waals surface area contributed by atoms with E-state index in [-0.39, 0.29) is 16.9 Å². The van der Waals surface area contributed by atoms with Crippen molar-refractivity contribution < 1.29 is 8.78 Å². The summed E-state index contributed by atoms with van der Waals surface area (Å²) in [5.74, 6) is 4.40. The third-order valence-corrected chi connectivity index (χ3v) is 3.36. The lowest BCUT2D eigenvalue weighted by atomic mass is 9.85. The fourth-order valence-corrected chi connectivity index (χ4v) is 2.11. The monoisotopic (exact) mass is 241 g/mol. The molecule has 3 nitrogen and oxygen atoms in total. The highest BCUT2D eigenvalue weighted by Crippen LogP contribution is 2.32. The molecule has 4 N–H and O–H groups in total. The third kappa shape index (κ3) is 2.20. The van der Waals surface area contributed by atoms with E-state index in [9.17, 15) is 8.78 Å². The predicted octanol–water partition coefficient (Wildman–Crippen LogP) is 2.34. The molecule has 5 heteroatoms. The summed E-state index contributed by atoms with van der Waals surface area (Å²) in [6.45, 7) is 2.00. The molecule has 0 saturated heterocycles. The van der Waals surface area contributed by atoms with E-state index in [1.54, 1.807) is 0 Å². The number of hydrogen-bond donors (Lipinski definition) is 2. The van der Waals surface area contributed by atoms with Crippen molar-refractivity contribution in [3.05, 3.63) is 23.3 Å². The molecule has 1 aromatic rings. The van der Waals surface area contributed by atoms with Crippen molar-refractivity contribution in [3.63, 3.8) is 0 Å². The van der Waals surface area contributed by atoms with Crippen LogP contribution in [0.3, 0.4) is 0 Å². The molecule has 0 aliphatic heterocycles. The second-order valence-electron chi connectivity index (χ2n) is 4.71. The summed E-state index contributed by atoms with van der Waals surface area (Å²) in [5, 5.41) is 1.23. The van der Waals surface area contributed by atoms with E-state index in [0.717, 1.165) is 12.8 Å². The molecule has 1 aliphatic rings. The van der Waals surface area contributed by atoms with Gasteiger partial charge in [0.25, 0.3) is 0 Å². The average molecular weight is 241 g/mol. The summed E-state index contributed by atoms with van der Waals surface area (Å²) in [7, 11) is 0. The molecule has 94 valence electrons. The van der Waals surface area contributed by atoms with Gasteiger partial charge in [0.05, 0.1) is 5.69 Å². The molecule has 1 aromatic carbocycles. The highest BCUT2D eigenvalue weighted by molar-refractivity contribution is 5.69. The Morgan fingerprint density at radius 3 is 2.53 bits per heavy atom. The van der Waals surface area contributed by atoms with Gasteiger partial charge in [-0.2, -0.15) is 0 Å². The lowest BCUT2D eigenvalue weighted by molar-refractivity contribution is 0.317. The summed E-state index contributed by atoms with van der Waals surface area (Å²) in [4.78, 5) is 0. The molecular weight excluding hydrogens is 224 g/mol. The van der Waals surface area contributed by atoms with Crippen molar-refractivity contribution in [1.29, 1.82) is 0 Å². The Balaban J connectivity index is 2.27. The molecule has 0 bridgehead atoms. The van der Waals surface area contributed by atoms with Crippen LogP contribution in [0.5, 0.6) is 0 Å². The number of nitrogen functional groups attached to an aromatic ring is 1. The topological polar surface area (TPSA) is 55.3 Å². The van der Waals surface area contributed by atoms with Crippen molar-refractivity contribution in [3.8, 4) is 0 Å². The maximum Gasteiger partial charge on any atom is 0.185 e. The van der Waals surface area contributed by atoms with Crippen LogP contribution in [-0.2, 0) is 0 Å². The van der Waals surface area contributed by atoms with Crippen LogP contribution < -0.4 is 16.6 Å². The van der Waals surface area contributed by atoms with Crippen LogP contribution >= 0.6 is 0 Å². The Labute approximate surface area is 99.4 Å². The predicted molar refractivity (Wildman–Crippen MR) is 64.4 cm³/mol. The van der Waals surface area contributed by atoms with Crippen molar-refractivity contribution in [2.75, 3.05) is 17.3 Å². The first kappa shape index (κ1) is 12.1. The summed E-state index contributed by atoms with van der Waals surface area (Å²) < 4.78 is 27.2. The standard InChI is InChI=1S/C12H17F2N3/c1-7-5-9(15)12(11(14)10(7)13)17(16)6-8-3-2-4-8/h5,8H,2-4,6,15-16H2,1H3. The number of nitrogens with two attached hydrogens (primary N) is 2. The molecule has 0 atom stereocenters. The van der Waals surface area contributed by atoms with Crippen LogP contribution in [0, 0.1) is 24.5 Å². The number of halogens is 2. The Kier molecular flexibility index (Phi) is 3.19. The minimum atomic E-state index is -0.954. The van der Waals surface area contributed by atoms with E-state index in [4.69, 9.17) is 11.6 Å². The summed E-state index contributed by atoms with van der Waals surface area (Å²) in [5.41, 5.74) is 6.05. The van der Waals surface area contributed by atoms with Crippen LogP contribution in [0.2, 0.25) is 0 Å². The summed E-state index contributed by atoms with van der Waals surface area (Å²) in [6.07, 6.45) is 3.35. The van der Waals surface area contributed by atoms with Crippen molar-refractivity contribution >= 4 is 11.4 Å². The number of benzene rings is 1. The quantitative estimate of drug-likeness (QED) is 0.485. The van der Waals surface area contributed by atoms with E-state index in [1.807, 2.05) is 0 Å². The van der Waals surface area contributed by atoms with Crippen LogP contribution in [0.4, 0.5) is 20.2 Å². The van der Waals surface area contributed by atoms with E-state index >= 15 is 0 Å². The molecule has 0 amide bonds. The van der Waals surface area contributed by atoms with Crippen molar-refractivity contribution in [2.24, 2.45) is 11.8 Å². The zero-order valence-electron chi connectivity index (χ0n) is 9.84. The lowest BCUT2D eigenvalue weighted by Gasteiger charge is -2.31. The summed E-state index contributed by atoms with van der Waals surface area (Å²) in [6, 6.07) is 1.41. The number of nitrogens with zero attached hydrogens (tertiary/aromatic N) is 1. The van der Waals surface area contributed by atoms with Gasteiger partial charge in [-0.05, 0) is 37.3 Å². The maximum absolute atomic E-state index is 13.8. The minimum absolute atomic E-state index is 0.0278. The van der Waals surface area contributed by atoms with Gasteiger partial charge in [-0.25, -0.2) is 14.6 Å². The highest BCUT2D eigenvalue weighted by atomic mass is 19.2. The van der Waals surface area contributed by atoms with Crippen LogP contribution in [0.15, 0.2) is 6.07 Å². The van der Waals surface area contributed by atoms with Gasteiger partial charge in [0, 0.05) is 6.54 Å². The molecule has 0 unspecified atom stereocenters. The van der Waals surface area contributed by atoms with E-state index in [0.29, 0.717) is 12.5 Å². The van der Waals surface area contributed by atoms with Crippen LogP contribution in [-0.4, -0.2) is 6.54 Å². The highest BCUT2D eigenvalue weighted by Gasteiger charge is 2.24. The third-order valence-electron chi connectivity index (χ3n) is 3.36. The Bertz CT molecular complexity index is 430. The average Bonchev–Trinajstić information content (AvgIpc) is 2.20. The van der Waals surface area contributed by atoms with Crippen molar-refractivity contribution in [1.82, 2.24) is 0 Å². The van der Waals surface area contributed by atoms with E-state index in [2.05, 4.69) is 0 Å². The Morgan fingerprint density at radius 2 is 2.00 bits per heavy atom. The zero-order chi connectivity index (χ0) is 12.6. The summed E-state index contributed by atoms with van der Waals surface area (Å²) >= 11 is 0. The number of anilines is 2. The SMILES string of the molecule is Cc1cc(N)c(N(N)CC2CCC2)c(F)c1F. The van der Waals surface area contributed by atoms with Gasteiger partial charge in [0.15, 0.2) is 11.6 Å². The maximum atomic E-state index is 13.8.